The molecule has 0 unspecified atom stereocenters. The Balaban J connectivity index is 0.00000242. The van der Waals surface area contributed by atoms with Crippen LogP contribution in [0, 0.1) is 15.5 Å². The summed E-state index contributed by atoms with van der Waals surface area (Å²) < 4.78 is 5.51. The Morgan fingerprint density at radius 3 is 2.36 bits per heavy atom. The third kappa shape index (κ3) is 4.54. The van der Waals surface area contributed by atoms with Crippen molar-refractivity contribution in [3.05, 3.63) is 75.3 Å². The zero-order valence-corrected chi connectivity index (χ0v) is 12.5. The highest BCUT2D eigenvalue weighted by atomic mass is 35.5. The molecule has 116 valence electrons. The van der Waals surface area contributed by atoms with Crippen molar-refractivity contribution >= 4 is 23.9 Å². The van der Waals surface area contributed by atoms with E-state index in [2.05, 4.69) is 0 Å². The molecule has 0 saturated heterocycles. The van der Waals surface area contributed by atoms with Gasteiger partial charge in [0.25, 0.3) is 5.69 Å². The lowest BCUT2D eigenvalue weighted by molar-refractivity contribution is -0.386. The van der Waals surface area contributed by atoms with E-state index < -0.39 is 4.92 Å². The number of ether oxygens (including phenoxy) is 1. The van der Waals surface area contributed by atoms with Crippen LogP contribution in [0.1, 0.15) is 16.7 Å². The monoisotopic (exact) mass is 321 g/mol. The summed E-state index contributed by atoms with van der Waals surface area (Å²) in [6.07, 6.45) is 0. The van der Waals surface area contributed by atoms with Crippen molar-refractivity contribution in [3.63, 3.8) is 0 Å². The zero-order chi connectivity index (χ0) is 15.2. The predicted molar refractivity (Wildman–Crippen MR) is 86.3 cm³/mol. The van der Waals surface area contributed by atoms with E-state index in [0.29, 0.717) is 17.7 Å². The average molecular weight is 322 g/mol. The smallest absolute Gasteiger partial charge is 0.274 e. The molecule has 0 amide bonds. The maximum absolute atomic E-state index is 10.9. The van der Waals surface area contributed by atoms with Crippen LogP contribution in [-0.4, -0.2) is 10.8 Å². The van der Waals surface area contributed by atoms with Gasteiger partial charge in [-0.2, -0.15) is 0 Å². The van der Waals surface area contributed by atoms with Crippen LogP contribution in [0.2, 0.25) is 0 Å². The summed E-state index contributed by atoms with van der Waals surface area (Å²) in [5.74, 6) is 0.0161. The molecule has 0 radical (unpaired) electrons. The molecule has 0 aliphatic rings. The van der Waals surface area contributed by atoms with Gasteiger partial charge in [-0.1, -0.05) is 36.4 Å². The van der Waals surface area contributed by atoms with Gasteiger partial charge in [-0.3, -0.25) is 15.5 Å². The molecule has 0 bridgehead atoms. The van der Waals surface area contributed by atoms with Crippen molar-refractivity contribution in [1.29, 1.82) is 5.41 Å². The number of nitrogens with zero attached hydrogens (tertiary/aromatic N) is 1. The topological polar surface area (TPSA) is 102 Å². The number of amidine groups is 1. The van der Waals surface area contributed by atoms with Crippen molar-refractivity contribution < 1.29 is 9.66 Å². The summed E-state index contributed by atoms with van der Waals surface area (Å²) in [5.41, 5.74) is 7.54. The van der Waals surface area contributed by atoms with Crippen LogP contribution in [0.15, 0.2) is 48.5 Å². The fourth-order valence-corrected chi connectivity index (χ4v) is 1.87. The van der Waals surface area contributed by atoms with Gasteiger partial charge in [-0.25, -0.2) is 0 Å². The van der Waals surface area contributed by atoms with Crippen LogP contribution in [0.25, 0.3) is 0 Å². The van der Waals surface area contributed by atoms with Crippen LogP contribution in [0.5, 0.6) is 0 Å². The molecule has 3 N–H and O–H groups in total. The largest absolute Gasteiger partial charge is 0.384 e. The minimum atomic E-state index is -0.416. The number of nitrogens with one attached hydrogen (secondary N) is 1. The molecule has 0 aromatic heterocycles. The van der Waals surface area contributed by atoms with E-state index in [0.717, 1.165) is 5.56 Å². The number of nitrogen functional groups attached to an aromatic ring is 1. The highest BCUT2D eigenvalue weighted by Crippen LogP contribution is 2.19. The third-order valence-electron chi connectivity index (χ3n) is 2.98. The first-order valence-corrected chi connectivity index (χ1v) is 6.31. The molecular weight excluding hydrogens is 306 g/mol. The summed E-state index contributed by atoms with van der Waals surface area (Å²) in [7, 11) is 0. The molecule has 2 aromatic carbocycles. The Morgan fingerprint density at radius 1 is 1.14 bits per heavy atom. The maximum Gasteiger partial charge on any atom is 0.274 e. The fraction of sp³-hybridized carbons (Fsp3) is 0.133. The highest BCUT2D eigenvalue weighted by Gasteiger charge is 2.11. The molecule has 22 heavy (non-hydrogen) atoms. The molecule has 0 heterocycles. The van der Waals surface area contributed by atoms with Gasteiger partial charge in [0.2, 0.25) is 0 Å². The van der Waals surface area contributed by atoms with Crippen molar-refractivity contribution in [1.82, 2.24) is 0 Å². The Hall–Kier alpha value is -2.44. The standard InChI is InChI=1S/C15H15N3O3.ClH/c16-15(17)12-7-5-11(6-8-12)9-21-10-13-3-1-2-4-14(13)18(19)20;/h1-8H,9-10H2,(H3,16,17);1H. The lowest BCUT2D eigenvalue weighted by atomic mass is 10.1. The Labute approximate surface area is 134 Å². The van der Waals surface area contributed by atoms with Crippen LogP contribution in [-0.2, 0) is 18.0 Å². The second-order valence-corrected chi connectivity index (χ2v) is 4.49. The first-order chi connectivity index (χ1) is 10.1. The molecule has 2 aromatic rings. The second kappa shape index (κ2) is 8.11. The molecule has 0 aliphatic carbocycles. The molecule has 0 aliphatic heterocycles. The Bertz CT molecular complexity index is 659. The lowest BCUT2D eigenvalue weighted by Gasteiger charge is -2.06. The molecule has 0 fully saturated rings. The summed E-state index contributed by atoms with van der Waals surface area (Å²) in [4.78, 5) is 10.5. The molecule has 0 saturated carbocycles. The van der Waals surface area contributed by atoms with Crippen molar-refractivity contribution in [3.8, 4) is 0 Å². The van der Waals surface area contributed by atoms with Crippen LogP contribution >= 0.6 is 12.4 Å². The quantitative estimate of drug-likeness (QED) is 0.369. The molecular formula is C15H16ClN3O3. The maximum atomic E-state index is 10.9. The van der Waals surface area contributed by atoms with Crippen LogP contribution < -0.4 is 5.73 Å². The Morgan fingerprint density at radius 2 is 1.77 bits per heavy atom. The zero-order valence-electron chi connectivity index (χ0n) is 11.7. The first kappa shape index (κ1) is 17.6. The van der Waals surface area contributed by atoms with Gasteiger partial charge < -0.3 is 10.5 Å². The summed E-state index contributed by atoms with van der Waals surface area (Å²) in [5, 5.41) is 18.2. The van der Waals surface area contributed by atoms with E-state index in [-0.39, 0.29) is 30.5 Å². The van der Waals surface area contributed by atoms with Crippen molar-refractivity contribution in [2.45, 2.75) is 13.2 Å². The average Bonchev–Trinajstić information content (AvgIpc) is 2.48. The summed E-state index contributed by atoms with van der Waals surface area (Å²) in [6, 6.07) is 13.6. The molecule has 0 spiro atoms. The van der Waals surface area contributed by atoms with Crippen LogP contribution in [0.4, 0.5) is 5.69 Å². The third-order valence-corrected chi connectivity index (χ3v) is 2.98. The van der Waals surface area contributed by atoms with Gasteiger partial charge in [-0.15, -0.1) is 12.4 Å². The SMILES string of the molecule is Cl.N=C(N)c1ccc(COCc2ccccc2[N+](=O)[O-])cc1. The van der Waals surface area contributed by atoms with Gasteiger partial charge in [0.15, 0.2) is 0 Å². The molecule has 2 rings (SSSR count). The normalized spacial score (nSPS) is 9.82. The van der Waals surface area contributed by atoms with E-state index in [9.17, 15) is 10.1 Å². The predicted octanol–water partition coefficient (Wildman–Crippen LogP) is 3.02. The number of rotatable bonds is 6. The van der Waals surface area contributed by atoms with Crippen molar-refractivity contribution in [2.24, 2.45) is 5.73 Å². The number of nitrogens with two attached hydrogens (primary N) is 1. The van der Waals surface area contributed by atoms with E-state index in [1.54, 1.807) is 30.3 Å². The number of nitro groups is 1. The summed E-state index contributed by atoms with van der Waals surface area (Å²) in [6.45, 7) is 0.510. The minimum Gasteiger partial charge on any atom is -0.384 e. The summed E-state index contributed by atoms with van der Waals surface area (Å²) >= 11 is 0. The van der Waals surface area contributed by atoms with Gasteiger partial charge in [0.1, 0.15) is 5.84 Å². The van der Waals surface area contributed by atoms with Gasteiger partial charge >= 0.3 is 0 Å². The van der Waals surface area contributed by atoms with E-state index >= 15 is 0 Å². The number of halogens is 1. The Kier molecular flexibility index (Phi) is 6.49. The molecule has 0 atom stereocenters. The molecule has 7 heteroatoms. The number of hydrogen-bond donors (Lipinski definition) is 2. The molecule has 6 nitrogen and oxygen atoms in total. The lowest BCUT2D eigenvalue weighted by Crippen LogP contribution is -2.10. The van der Waals surface area contributed by atoms with E-state index in [1.165, 1.54) is 6.07 Å². The minimum absolute atomic E-state index is 0. The second-order valence-electron chi connectivity index (χ2n) is 4.49. The van der Waals surface area contributed by atoms with Crippen molar-refractivity contribution in [2.75, 3.05) is 0 Å². The number of nitro benzene ring substituents is 1. The first-order valence-electron chi connectivity index (χ1n) is 6.31. The van der Waals surface area contributed by atoms with Gasteiger partial charge in [-0.05, 0) is 11.6 Å². The van der Waals surface area contributed by atoms with Gasteiger partial charge in [0, 0.05) is 11.6 Å². The highest BCUT2D eigenvalue weighted by molar-refractivity contribution is 5.94. The fourth-order valence-electron chi connectivity index (χ4n) is 1.87. The number of hydrogen-bond acceptors (Lipinski definition) is 4. The van der Waals surface area contributed by atoms with Crippen LogP contribution in [0.3, 0.4) is 0 Å². The van der Waals surface area contributed by atoms with E-state index in [4.69, 9.17) is 15.9 Å². The number of para-hydroxylation sites is 1. The van der Waals surface area contributed by atoms with E-state index in [1.807, 2.05) is 12.1 Å². The van der Waals surface area contributed by atoms with Gasteiger partial charge in [0.05, 0.1) is 23.7 Å². The number of benzene rings is 2.